The van der Waals surface area contributed by atoms with Gasteiger partial charge < -0.3 is 10.0 Å². The standard InChI is InChI=1S/C16H16N4O5/c1-10-14(16(22)23)6-7-18(10)15(21)11-8-17-19(9-11)12-2-4-13(5-3-12)20(24)25/h2-5,8-10,14H,6-7H2,1H3,(H,22,23). The first-order valence-electron chi connectivity index (χ1n) is 7.71. The van der Waals surface area contributed by atoms with Crippen LogP contribution in [0, 0.1) is 16.0 Å². The first-order chi connectivity index (χ1) is 11.9. The van der Waals surface area contributed by atoms with Gasteiger partial charge in [-0.05, 0) is 25.5 Å². The van der Waals surface area contributed by atoms with Gasteiger partial charge in [-0.1, -0.05) is 0 Å². The Balaban J connectivity index is 1.78. The Kier molecular flexibility index (Phi) is 4.22. The van der Waals surface area contributed by atoms with E-state index in [0.29, 0.717) is 24.2 Å². The molecule has 1 aromatic heterocycles. The zero-order chi connectivity index (χ0) is 18.1. The lowest BCUT2D eigenvalue weighted by Crippen LogP contribution is -2.37. The number of nitro groups is 1. The number of non-ortho nitro benzene ring substituents is 1. The maximum absolute atomic E-state index is 12.6. The monoisotopic (exact) mass is 344 g/mol. The Labute approximate surface area is 142 Å². The van der Waals surface area contributed by atoms with Crippen molar-refractivity contribution in [2.75, 3.05) is 6.54 Å². The van der Waals surface area contributed by atoms with E-state index in [2.05, 4.69) is 5.10 Å². The molecule has 1 saturated heterocycles. The Morgan fingerprint density at radius 2 is 2.00 bits per heavy atom. The molecule has 0 saturated carbocycles. The SMILES string of the molecule is CC1C(C(=O)O)CCN1C(=O)c1cnn(-c2ccc([N+](=O)[O-])cc2)c1. The van der Waals surface area contributed by atoms with E-state index in [1.165, 1.54) is 34.1 Å². The molecule has 130 valence electrons. The Bertz CT molecular complexity index is 829. The van der Waals surface area contributed by atoms with E-state index in [-0.39, 0.29) is 17.6 Å². The Hall–Kier alpha value is -3.23. The molecule has 1 fully saturated rings. The van der Waals surface area contributed by atoms with Crippen LogP contribution in [0.1, 0.15) is 23.7 Å². The quantitative estimate of drug-likeness (QED) is 0.666. The summed E-state index contributed by atoms with van der Waals surface area (Å²) in [5.74, 6) is -1.73. The minimum atomic E-state index is -0.899. The molecule has 25 heavy (non-hydrogen) atoms. The average Bonchev–Trinajstić information content (AvgIpc) is 3.21. The van der Waals surface area contributed by atoms with Gasteiger partial charge in [0.25, 0.3) is 11.6 Å². The van der Waals surface area contributed by atoms with Gasteiger partial charge in [0.2, 0.25) is 0 Å². The van der Waals surface area contributed by atoms with Crippen LogP contribution in [-0.4, -0.2) is 49.2 Å². The van der Waals surface area contributed by atoms with Gasteiger partial charge in [-0.15, -0.1) is 0 Å². The molecule has 0 radical (unpaired) electrons. The molecular weight excluding hydrogens is 328 g/mol. The number of carboxylic acids is 1. The summed E-state index contributed by atoms with van der Waals surface area (Å²) in [5.41, 5.74) is 0.900. The van der Waals surface area contributed by atoms with Gasteiger partial charge >= 0.3 is 5.97 Å². The van der Waals surface area contributed by atoms with E-state index in [0.717, 1.165) is 0 Å². The van der Waals surface area contributed by atoms with Crippen molar-refractivity contribution < 1.29 is 19.6 Å². The normalized spacial score (nSPS) is 19.8. The number of rotatable bonds is 4. The molecule has 1 amide bonds. The Morgan fingerprint density at radius 3 is 2.56 bits per heavy atom. The first kappa shape index (κ1) is 16.6. The van der Waals surface area contributed by atoms with Crippen molar-refractivity contribution in [3.8, 4) is 5.69 Å². The van der Waals surface area contributed by atoms with Crippen LogP contribution in [0.4, 0.5) is 5.69 Å². The molecule has 1 N–H and O–H groups in total. The van der Waals surface area contributed by atoms with E-state index >= 15 is 0 Å². The Morgan fingerprint density at radius 1 is 1.32 bits per heavy atom. The van der Waals surface area contributed by atoms with Gasteiger partial charge in [0.15, 0.2) is 0 Å². The molecule has 2 heterocycles. The molecule has 2 unspecified atom stereocenters. The van der Waals surface area contributed by atoms with Gasteiger partial charge in [0.1, 0.15) is 0 Å². The number of hydrogen-bond acceptors (Lipinski definition) is 5. The predicted octanol–water partition coefficient (Wildman–Crippen LogP) is 1.72. The number of carbonyl (C=O) groups is 2. The molecule has 1 aliphatic rings. The van der Waals surface area contributed by atoms with Crippen molar-refractivity contribution in [3.05, 3.63) is 52.3 Å². The fourth-order valence-electron chi connectivity index (χ4n) is 3.02. The van der Waals surface area contributed by atoms with Crippen LogP contribution in [0.2, 0.25) is 0 Å². The van der Waals surface area contributed by atoms with Crippen LogP contribution < -0.4 is 0 Å². The molecule has 0 spiro atoms. The molecule has 1 aromatic carbocycles. The fraction of sp³-hybridized carbons (Fsp3) is 0.312. The van der Waals surface area contributed by atoms with E-state index < -0.39 is 16.8 Å². The summed E-state index contributed by atoms with van der Waals surface area (Å²) in [6.45, 7) is 2.12. The predicted molar refractivity (Wildman–Crippen MR) is 86.5 cm³/mol. The van der Waals surface area contributed by atoms with Gasteiger partial charge in [0.05, 0.1) is 28.3 Å². The molecule has 1 aliphatic heterocycles. The third kappa shape index (κ3) is 3.08. The minimum absolute atomic E-state index is 0.0298. The van der Waals surface area contributed by atoms with Crippen molar-refractivity contribution in [1.29, 1.82) is 0 Å². The topological polar surface area (TPSA) is 119 Å². The summed E-state index contributed by atoms with van der Waals surface area (Å²) in [4.78, 5) is 35.5. The number of nitro benzene ring substituents is 1. The lowest BCUT2D eigenvalue weighted by Gasteiger charge is -2.22. The van der Waals surface area contributed by atoms with E-state index in [4.69, 9.17) is 5.11 Å². The van der Waals surface area contributed by atoms with Crippen LogP contribution in [0.3, 0.4) is 0 Å². The van der Waals surface area contributed by atoms with Gasteiger partial charge in [-0.3, -0.25) is 19.7 Å². The van der Waals surface area contributed by atoms with Crippen LogP contribution in [0.5, 0.6) is 0 Å². The highest BCUT2D eigenvalue weighted by Gasteiger charge is 2.38. The number of amides is 1. The second-order valence-electron chi connectivity index (χ2n) is 5.92. The summed E-state index contributed by atoms with van der Waals surface area (Å²) in [6, 6.07) is 5.42. The molecule has 3 rings (SSSR count). The number of benzene rings is 1. The summed E-state index contributed by atoms with van der Waals surface area (Å²) < 4.78 is 1.45. The van der Waals surface area contributed by atoms with Gasteiger partial charge in [0, 0.05) is 30.9 Å². The highest BCUT2D eigenvalue weighted by molar-refractivity contribution is 5.94. The number of likely N-dealkylation sites (tertiary alicyclic amines) is 1. The van der Waals surface area contributed by atoms with Crippen LogP contribution in [-0.2, 0) is 4.79 Å². The lowest BCUT2D eigenvalue weighted by molar-refractivity contribution is -0.384. The molecule has 9 nitrogen and oxygen atoms in total. The summed E-state index contributed by atoms with van der Waals surface area (Å²) >= 11 is 0. The molecule has 2 aromatic rings. The van der Waals surface area contributed by atoms with Crippen LogP contribution >= 0.6 is 0 Å². The number of hydrogen-bond donors (Lipinski definition) is 1. The van der Waals surface area contributed by atoms with E-state index in [1.54, 1.807) is 19.1 Å². The third-order valence-electron chi connectivity index (χ3n) is 4.49. The smallest absolute Gasteiger partial charge is 0.308 e. The average molecular weight is 344 g/mol. The van der Waals surface area contributed by atoms with Crippen LogP contribution in [0.25, 0.3) is 5.69 Å². The molecule has 9 heteroatoms. The largest absolute Gasteiger partial charge is 0.481 e. The zero-order valence-corrected chi connectivity index (χ0v) is 13.4. The fourth-order valence-corrected chi connectivity index (χ4v) is 3.02. The zero-order valence-electron chi connectivity index (χ0n) is 13.4. The van der Waals surface area contributed by atoms with Gasteiger partial charge in [-0.25, -0.2) is 4.68 Å². The number of aromatic nitrogens is 2. The third-order valence-corrected chi connectivity index (χ3v) is 4.49. The van der Waals surface area contributed by atoms with Gasteiger partial charge in [-0.2, -0.15) is 5.10 Å². The van der Waals surface area contributed by atoms with E-state index in [1.807, 2.05) is 0 Å². The number of aliphatic carboxylic acids is 1. The van der Waals surface area contributed by atoms with Crippen molar-refractivity contribution in [2.45, 2.75) is 19.4 Å². The minimum Gasteiger partial charge on any atom is -0.481 e. The summed E-state index contributed by atoms with van der Waals surface area (Å²) in [6.07, 6.45) is 3.37. The maximum atomic E-state index is 12.6. The molecular formula is C16H16N4O5. The summed E-state index contributed by atoms with van der Waals surface area (Å²) in [5, 5.41) is 24.0. The summed E-state index contributed by atoms with van der Waals surface area (Å²) in [7, 11) is 0. The number of nitrogens with zero attached hydrogens (tertiary/aromatic N) is 4. The number of carbonyl (C=O) groups excluding carboxylic acids is 1. The first-order valence-corrected chi connectivity index (χ1v) is 7.71. The maximum Gasteiger partial charge on any atom is 0.308 e. The van der Waals surface area contributed by atoms with Crippen molar-refractivity contribution in [3.63, 3.8) is 0 Å². The van der Waals surface area contributed by atoms with Crippen molar-refractivity contribution in [2.24, 2.45) is 5.92 Å². The highest BCUT2D eigenvalue weighted by atomic mass is 16.6. The molecule has 2 atom stereocenters. The van der Waals surface area contributed by atoms with E-state index in [9.17, 15) is 19.7 Å². The van der Waals surface area contributed by atoms with Crippen LogP contribution in [0.15, 0.2) is 36.7 Å². The molecule has 0 bridgehead atoms. The second kappa shape index (κ2) is 6.34. The molecule has 0 aliphatic carbocycles. The van der Waals surface area contributed by atoms with Crippen molar-refractivity contribution >= 4 is 17.6 Å². The lowest BCUT2D eigenvalue weighted by atomic mass is 10.0. The second-order valence-corrected chi connectivity index (χ2v) is 5.92. The highest BCUT2D eigenvalue weighted by Crippen LogP contribution is 2.26. The number of carboxylic acid groups (broad SMARTS) is 1. The van der Waals surface area contributed by atoms with Crippen molar-refractivity contribution in [1.82, 2.24) is 14.7 Å².